The Bertz CT molecular complexity index is 362. The Morgan fingerprint density at radius 1 is 1.44 bits per heavy atom. The summed E-state index contributed by atoms with van der Waals surface area (Å²) in [5.74, 6) is -0.136. The number of hydrogen-bond donors (Lipinski definition) is 1. The molecule has 0 aromatic carbocycles. The number of hydrogen-bond acceptors (Lipinski definition) is 4. The molecule has 1 fully saturated rings. The molecule has 5 nitrogen and oxygen atoms in total. The maximum atomic E-state index is 11.9. The van der Waals surface area contributed by atoms with Crippen LogP contribution in [0.15, 0.2) is 0 Å². The fourth-order valence-corrected chi connectivity index (χ4v) is 2.40. The minimum atomic E-state index is -3.06. The Morgan fingerprint density at radius 3 is 2.56 bits per heavy atom. The highest BCUT2D eigenvalue weighted by molar-refractivity contribution is 7.90. The van der Waals surface area contributed by atoms with Gasteiger partial charge in [-0.15, -0.1) is 0 Å². The molecule has 1 aliphatic heterocycles. The Morgan fingerprint density at radius 2 is 2.06 bits per heavy atom. The zero-order valence-corrected chi connectivity index (χ0v) is 10.9. The van der Waals surface area contributed by atoms with Crippen molar-refractivity contribution in [2.45, 2.75) is 25.8 Å². The third-order valence-electron chi connectivity index (χ3n) is 2.79. The van der Waals surface area contributed by atoms with E-state index in [1.807, 2.05) is 13.8 Å². The Labute approximate surface area is 97.1 Å². The quantitative estimate of drug-likeness (QED) is 0.740. The van der Waals surface area contributed by atoms with Crippen LogP contribution in [0.5, 0.6) is 0 Å². The summed E-state index contributed by atoms with van der Waals surface area (Å²) in [6, 6.07) is 0. The van der Waals surface area contributed by atoms with E-state index < -0.39 is 9.84 Å². The first kappa shape index (κ1) is 13.4. The molecule has 0 spiro atoms. The van der Waals surface area contributed by atoms with Gasteiger partial charge in [0.05, 0.1) is 5.75 Å². The van der Waals surface area contributed by atoms with Crippen LogP contribution in [0.3, 0.4) is 0 Å². The van der Waals surface area contributed by atoms with Crippen molar-refractivity contribution in [3.8, 4) is 0 Å². The standard InChI is InChI=1S/C10H20N2O3S/c1-10(2)8-11-5-6-12(10)9(13)4-7-16(3,14)15/h11H,4-8H2,1-3H3. The van der Waals surface area contributed by atoms with E-state index in [0.29, 0.717) is 6.54 Å². The van der Waals surface area contributed by atoms with Crippen LogP contribution in [0.2, 0.25) is 0 Å². The molecule has 1 aliphatic rings. The van der Waals surface area contributed by atoms with Crippen LogP contribution in [-0.2, 0) is 14.6 Å². The minimum Gasteiger partial charge on any atom is -0.335 e. The van der Waals surface area contributed by atoms with Crippen molar-refractivity contribution < 1.29 is 13.2 Å². The number of sulfone groups is 1. The van der Waals surface area contributed by atoms with Gasteiger partial charge in [-0.3, -0.25) is 4.79 Å². The molecule has 0 atom stereocenters. The summed E-state index contributed by atoms with van der Waals surface area (Å²) in [5.41, 5.74) is -0.229. The molecule has 94 valence electrons. The van der Waals surface area contributed by atoms with Crippen molar-refractivity contribution in [3.63, 3.8) is 0 Å². The van der Waals surface area contributed by atoms with E-state index in [2.05, 4.69) is 5.32 Å². The van der Waals surface area contributed by atoms with E-state index in [1.165, 1.54) is 0 Å². The Kier molecular flexibility index (Phi) is 3.96. The molecule has 0 unspecified atom stereocenters. The van der Waals surface area contributed by atoms with Crippen molar-refractivity contribution in [2.75, 3.05) is 31.6 Å². The number of rotatable bonds is 3. The molecule has 0 aromatic rings. The monoisotopic (exact) mass is 248 g/mol. The lowest BCUT2D eigenvalue weighted by molar-refractivity contribution is -0.137. The van der Waals surface area contributed by atoms with Gasteiger partial charge in [-0.05, 0) is 13.8 Å². The van der Waals surface area contributed by atoms with Gasteiger partial charge >= 0.3 is 0 Å². The second-order valence-corrected chi connectivity index (χ2v) is 7.17. The number of carbonyl (C=O) groups is 1. The smallest absolute Gasteiger partial charge is 0.224 e. The average molecular weight is 248 g/mol. The van der Waals surface area contributed by atoms with Gasteiger partial charge in [0.2, 0.25) is 5.91 Å². The van der Waals surface area contributed by atoms with Gasteiger partial charge in [-0.1, -0.05) is 0 Å². The topological polar surface area (TPSA) is 66.5 Å². The van der Waals surface area contributed by atoms with Crippen LogP contribution in [0, 0.1) is 0 Å². The van der Waals surface area contributed by atoms with Gasteiger partial charge in [0.15, 0.2) is 0 Å². The van der Waals surface area contributed by atoms with Crippen molar-refractivity contribution in [1.29, 1.82) is 0 Å². The van der Waals surface area contributed by atoms with E-state index >= 15 is 0 Å². The lowest BCUT2D eigenvalue weighted by atomic mass is 10.00. The van der Waals surface area contributed by atoms with Gasteiger partial charge in [0, 0.05) is 37.8 Å². The predicted octanol–water partition coefficient (Wildman–Crippen LogP) is -0.368. The first-order chi connectivity index (χ1) is 7.22. The molecule has 1 N–H and O–H groups in total. The first-order valence-corrected chi connectivity index (χ1v) is 7.47. The summed E-state index contributed by atoms with van der Waals surface area (Å²) in [6.45, 7) is 6.14. The predicted molar refractivity (Wildman–Crippen MR) is 63.0 cm³/mol. The van der Waals surface area contributed by atoms with E-state index in [-0.39, 0.29) is 23.6 Å². The molecule has 0 bridgehead atoms. The highest BCUT2D eigenvalue weighted by Crippen LogP contribution is 2.17. The van der Waals surface area contributed by atoms with Gasteiger partial charge in [-0.25, -0.2) is 8.42 Å². The lowest BCUT2D eigenvalue weighted by Crippen LogP contribution is -2.60. The first-order valence-electron chi connectivity index (χ1n) is 5.41. The van der Waals surface area contributed by atoms with Gasteiger partial charge in [-0.2, -0.15) is 0 Å². The SMILES string of the molecule is CC1(C)CNCCN1C(=O)CCS(C)(=O)=O. The summed E-state index contributed by atoms with van der Waals surface area (Å²) in [5, 5.41) is 3.22. The maximum absolute atomic E-state index is 11.9. The van der Waals surface area contributed by atoms with Crippen LogP contribution >= 0.6 is 0 Å². The van der Waals surface area contributed by atoms with E-state index in [0.717, 1.165) is 19.3 Å². The van der Waals surface area contributed by atoms with Crippen molar-refractivity contribution in [2.24, 2.45) is 0 Å². The molecule has 1 saturated heterocycles. The second kappa shape index (κ2) is 4.71. The molecule has 0 aliphatic carbocycles. The van der Waals surface area contributed by atoms with Crippen molar-refractivity contribution >= 4 is 15.7 Å². The Balaban J connectivity index is 2.59. The summed E-state index contributed by atoms with van der Waals surface area (Å²) >= 11 is 0. The number of amides is 1. The molecule has 1 amide bonds. The zero-order chi connectivity index (χ0) is 12.4. The van der Waals surface area contributed by atoms with Crippen LogP contribution < -0.4 is 5.32 Å². The fourth-order valence-electron chi connectivity index (χ4n) is 1.85. The molecule has 0 radical (unpaired) electrons. The maximum Gasteiger partial charge on any atom is 0.224 e. The second-order valence-electron chi connectivity index (χ2n) is 4.91. The Hall–Kier alpha value is -0.620. The normalized spacial score (nSPS) is 20.8. The average Bonchev–Trinajstić information content (AvgIpc) is 2.12. The van der Waals surface area contributed by atoms with Crippen LogP contribution in [-0.4, -0.2) is 56.4 Å². The molecule has 1 rings (SSSR count). The highest BCUT2D eigenvalue weighted by Gasteiger charge is 2.32. The van der Waals surface area contributed by atoms with Crippen LogP contribution in [0.4, 0.5) is 0 Å². The van der Waals surface area contributed by atoms with Crippen molar-refractivity contribution in [3.05, 3.63) is 0 Å². The van der Waals surface area contributed by atoms with Crippen LogP contribution in [0.1, 0.15) is 20.3 Å². The summed E-state index contributed by atoms with van der Waals surface area (Å²) in [4.78, 5) is 13.7. The molecule has 0 saturated carbocycles. The van der Waals surface area contributed by atoms with E-state index in [4.69, 9.17) is 0 Å². The number of carbonyl (C=O) groups excluding carboxylic acids is 1. The summed E-state index contributed by atoms with van der Waals surface area (Å²) in [6.07, 6.45) is 1.24. The van der Waals surface area contributed by atoms with Crippen molar-refractivity contribution in [1.82, 2.24) is 10.2 Å². The van der Waals surface area contributed by atoms with E-state index in [1.54, 1.807) is 4.90 Å². The largest absolute Gasteiger partial charge is 0.335 e. The fraction of sp³-hybridized carbons (Fsp3) is 0.900. The number of nitrogens with one attached hydrogen (secondary N) is 1. The summed E-state index contributed by atoms with van der Waals surface area (Å²) < 4.78 is 22.0. The molecule has 0 aromatic heterocycles. The third-order valence-corrected chi connectivity index (χ3v) is 3.73. The van der Waals surface area contributed by atoms with Gasteiger partial charge < -0.3 is 10.2 Å². The highest BCUT2D eigenvalue weighted by atomic mass is 32.2. The molecule has 16 heavy (non-hydrogen) atoms. The van der Waals surface area contributed by atoms with Crippen LogP contribution in [0.25, 0.3) is 0 Å². The summed E-state index contributed by atoms with van der Waals surface area (Å²) in [7, 11) is -3.06. The lowest BCUT2D eigenvalue weighted by Gasteiger charge is -2.42. The minimum absolute atomic E-state index is 0.0636. The van der Waals surface area contributed by atoms with E-state index in [9.17, 15) is 13.2 Å². The zero-order valence-electron chi connectivity index (χ0n) is 10.1. The van der Waals surface area contributed by atoms with Gasteiger partial charge in [0.25, 0.3) is 0 Å². The number of nitrogens with zero attached hydrogens (tertiary/aromatic N) is 1. The number of piperazine rings is 1. The molecule has 1 heterocycles. The molecular weight excluding hydrogens is 228 g/mol. The third kappa shape index (κ3) is 3.75. The molecule has 6 heteroatoms. The van der Waals surface area contributed by atoms with Gasteiger partial charge in [0.1, 0.15) is 9.84 Å². The molecular formula is C10H20N2O3S.